The zero-order chi connectivity index (χ0) is 21.1. The summed E-state index contributed by atoms with van der Waals surface area (Å²) in [6.45, 7) is 3.16. The van der Waals surface area contributed by atoms with Crippen molar-refractivity contribution in [3.8, 4) is 17.2 Å². The van der Waals surface area contributed by atoms with Crippen molar-refractivity contribution in [2.24, 2.45) is 0 Å². The Hall–Kier alpha value is -2.77. The molecule has 0 bridgehead atoms. The second-order valence-corrected chi connectivity index (χ2v) is 6.72. The van der Waals surface area contributed by atoms with E-state index in [0.29, 0.717) is 29.7 Å². The molecule has 2 aromatic rings. The molecule has 0 aliphatic carbocycles. The largest absolute Gasteiger partial charge is 0.508 e. The Morgan fingerprint density at radius 1 is 1.10 bits per heavy atom. The summed E-state index contributed by atoms with van der Waals surface area (Å²) in [6.07, 6.45) is 1.70. The smallest absolute Gasteiger partial charge is 0.343 e. The minimum atomic E-state index is -0.407. The van der Waals surface area contributed by atoms with Gasteiger partial charge in [0.05, 0.1) is 20.3 Å². The highest BCUT2D eigenvalue weighted by Crippen LogP contribution is 2.23. The van der Waals surface area contributed by atoms with Crippen LogP contribution in [0.2, 0.25) is 0 Å². The maximum absolute atomic E-state index is 11.1. The number of aromatic hydroxyl groups is 1. The van der Waals surface area contributed by atoms with Gasteiger partial charge in [-0.1, -0.05) is 12.1 Å². The van der Waals surface area contributed by atoms with Gasteiger partial charge in [0.25, 0.3) is 0 Å². The number of nitrogens with one attached hydrogen (secondary N) is 1. The highest BCUT2D eigenvalue weighted by atomic mass is 16.6. The Balaban J connectivity index is 1.64. The lowest BCUT2D eigenvalue weighted by atomic mass is 10.1. The number of carbonyl (C=O) groups is 1. The van der Waals surface area contributed by atoms with Gasteiger partial charge in [0, 0.05) is 11.6 Å². The molecule has 2 aromatic carbocycles. The lowest BCUT2D eigenvalue weighted by Crippen LogP contribution is -2.29. The number of benzene rings is 2. The van der Waals surface area contributed by atoms with Gasteiger partial charge in [0.15, 0.2) is 6.61 Å². The van der Waals surface area contributed by atoms with Gasteiger partial charge < -0.3 is 29.7 Å². The van der Waals surface area contributed by atoms with Crippen molar-refractivity contribution in [3.05, 3.63) is 53.6 Å². The van der Waals surface area contributed by atoms with Crippen LogP contribution >= 0.6 is 0 Å². The lowest BCUT2D eigenvalue weighted by molar-refractivity contribution is -0.142. The summed E-state index contributed by atoms with van der Waals surface area (Å²) in [6, 6.07) is 12.8. The Kier molecular flexibility index (Phi) is 9.27. The number of esters is 1. The molecule has 0 saturated carbocycles. The molecule has 0 radical (unpaired) electrons. The molecule has 29 heavy (non-hydrogen) atoms. The molecule has 2 rings (SSSR count). The van der Waals surface area contributed by atoms with E-state index < -0.39 is 5.97 Å². The van der Waals surface area contributed by atoms with Crippen LogP contribution in [0.1, 0.15) is 24.5 Å². The highest BCUT2D eigenvalue weighted by Gasteiger charge is 2.06. The molecule has 0 fully saturated rings. The number of carbonyl (C=O) groups excluding carboxylic acids is 1. The molecule has 158 valence electrons. The van der Waals surface area contributed by atoms with Crippen LogP contribution in [0.4, 0.5) is 0 Å². The standard InChI is InChI=1S/C22H29NO6/c1-16(12-17-4-6-19(7-5-17)29-15-22(26)27-2)23-10-3-11-28-20-8-9-21(25)18(13-20)14-24/h4-9,13,16,23-25H,3,10-12,14-15H2,1-2H3. The van der Waals surface area contributed by atoms with Crippen LogP contribution in [0.15, 0.2) is 42.5 Å². The number of rotatable bonds is 12. The molecule has 3 N–H and O–H groups in total. The van der Waals surface area contributed by atoms with Crippen LogP contribution in [-0.2, 0) is 22.6 Å². The Bertz CT molecular complexity index is 762. The number of hydrogen-bond donors (Lipinski definition) is 3. The minimum Gasteiger partial charge on any atom is -0.508 e. The summed E-state index contributed by atoms with van der Waals surface area (Å²) in [5, 5.41) is 22.2. The first-order valence-corrected chi connectivity index (χ1v) is 9.59. The normalized spacial score (nSPS) is 11.7. The molecule has 0 aromatic heterocycles. The van der Waals surface area contributed by atoms with Gasteiger partial charge >= 0.3 is 5.97 Å². The fraction of sp³-hybridized carbons (Fsp3) is 0.409. The molecular weight excluding hydrogens is 374 g/mol. The molecule has 7 nitrogen and oxygen atoms in total. The van der Waals surface area contributed by atoms with Crippen molar-refractivity contribution in [1.82, 2.24) is 5.32 Å². The number of aliphatic hydroxyl groups is 1. The summed E-state index contributed by atoms with van der Waals surface area (Å²) in [4.78, 5) is 11.1. The lowest BCUT2D eigenvalue weighted by Gasteiger charge is -2.15. The van der Waals surface area contributed by atoms with Crippen LogP contribution in [-0.4, -0.2) is 49.1 Å². The van der Waals surface area contributed by atoms with Crippen molar-refractivity contribution < 1.29 is 29.2 Å². The zero-order valence-electron chi connectivity index (χ0n) is 16.9. The predicted molar refractivity (Wildman–Crippen MR) is 109 cm³/mol. The molecular formula is C22H29NO6. The van der Waals surface area contributed by atoms with Gasteiger partial charge in [-0.3, -0.25) is 0 Å². The maximum atomic E-state index is 11.1. The maximum Gasteiger partial charge on any atom is 0.343 e. The van der Waals surface area contributed by atoms with E-state index in [-0.39, 0.29) is 19.0 Å². The number of aliphatic hydroxyl groups excluding tert-OH is 1. The van der Waals surface area contributed by atoms with E-state index in [1.54, 1.807) is 12.1 Å². The summed E-state index contributed by atoms with van der Waals surface area (Å²) >= 11 is 0. The summed E-state index contributed by atoms with van der Waals surface area (Å²) in [7, 11) is 1.33. The first-order chi connectivity index (χ1) is 14.0. The molecule has 0 spiro atoms. The summed E-state index contributed by atoms with van der Waals surface area (Å²) in [5.41, 5.74) is 1.63. The average molecular weight is 403 g/mol. The Labute approximate surface area is 171 Å². The molecule has 0 saturated heterocycles. The number of methoxy groups -OCH3 is 1. The van der Waals surface area contributed by atoms with Crippen molar-refractivity contribution in [2.75, 3.05) is 26.9 Å². The topological polar surface area (TPSA) is 97.3 Å². The van der Waals surface area contributed by atoms with Gasteiger partial charge in [-0.2, -0.15) is 0 Å². The summed E-state index contributed by atoms with van der Waals surface area (Å²) < 4.78 is 15.5. The van der Waals surface area contributed by atoms with E-state index in [2.05, 4.69) is 17.0 Å². The minimum absolute atomic E-state index is 0.0680. The van der Waals surface area contributed by atoms with E-state index >= 15 is 0 Å². The number of ether oxygens (including phenoxy) is 3. The van der Waals surface area contributed by atoms with Crippen molar-refractivity contribution >= 4 is 5.97 Å². The number of phenols is 1. The van der Waals surface area contributed by atoms with E-state index in [0.717, 1.165) is 19.4 Å². The quantitative estimate of drug-likeness (QED) is 0.370. The Morgan fingerprint density at radius 3 is 2.52 bits per heavy atom. The van der Waals surface area contributed by atoms with Crippen molar-refractivity contribution in [1.29, 1.82) is 0 Å². The van der Waals surface area contributed by atoms with E-state index in [9.17, 15) is 9.90 Å². The van der Waals surface area contributed by atoms with Crippen LogP contribution in [0.3, 0.4) is 0 Å². The molecule has 0 aliphatic rings. The van der Waals surface area contributed by atoms with E-state index in [1.807, 2.05) is 24.3 Å². The first-order valence-electron chi connectivity index (χ1n) is 9.59. The van der Waals surface area contributed by atoms with E-state index in [1.165, 1.54) is 18.7 Å². The van der Waals surface area contributed by atoms with Gasteiger partial charge in [0.1, 0.15) is 17.2 Å². The molecule has 0 amide bonds. The molecule has 7 heteroatoms. The SMILES string of the molecule is COC(=O)COc1ccc(CC(C)NCCCOc2ccc(O)c(CO)c2)cc1. The predicted octanol–water partition coefficient (Wildman–Crippen LogP) is 2.43. The zero-order valence-corrected chi connectivity index (χ0v) is 16.9. The third-order valence-electron chi connectivity index (χ3n) is 4.35. The van der Waals surface area contributed by atoms with Gasteiger partial charge in [-0.05, 0) is 62.2 Å². The van der Waals surface area contributed by atoms with Gasteiger partial charge in [0.2, 0.25) is 0 Å². The van der Waals surface area contributed by atoms with E-state index in [4.69, 9.17) is 14.6 Å². The monoisotopic (exact) mass is 403 g/mol. The van der Waals surface area contributed by atoms with Crippen LogP contribution in [0, 0.1) is 0 Å². The molecule has 1 atom stereocenters. The molecule has 0 aliphatic heterocycles. The Morgan fingerprint density at radius 2 is 1.83 bits per heavy atom. The fourth-order valence-electron chi connectivity index (χ4n) is 2.74. The third-order valence-corrected chi connectivity index (χ3v) is 4.35. The average Bonchev–Trinajstić information content (AvgIpc) is 2.73. The van der Waals surface area contributed by atoms with Crippen LogP contribution < -0.4 is 14.8 Å². The van der Waals surface area contributed by atoms with Gasteiger partial charge in [-0.25, -0.2) is 4.79 Å². The third kappa shape index (κ3) is 8.01. The van der Waals surface area contributed by atoms with Crippen molar-refractivity contribution in [2.45, 2.75) is 32.4 Å². The molecule has 0 heterocycles. The fourth-order valence-corrected chi connectivity index (χ4v) is 2.74. The van der Waals surface area contributed by atoms with Crippen molar-refractivity contribution in [3.63, 3.8) is 0 Å². The van der Waals surface area contributed by atoms with Crippen LogP contribution in [0.25, 0.3) is 0 Å². The number of hydrogen-bond acceptors (Lipinski definition) is 7. The second kappa shape index (κ2) is 11.9. The first kappa shape index (κ1) is 22.5. The molecule has 1 unspecified atom stereocenters. The van der Waals surface area contributed by atoms with Crippen LogP contribution in [0.5, 0.6) is 17.2 Å². The highest BCUT2D eigenvalue weighted by molar-refractivity contribution is 5.70. The van der Waals surface area contributed by atoms with Gasteiger partial charge in [-0.15, -0.1) is 0 Å². The second-order valence-electron chi connectivity index (χ2n) is 6.72. The summed E-state index contributed by atoms with van der Waals surface area (Å²) in [5.74, 6) is 0.929.